The van der Waals surface area contributed by atoms with Crippen LogP contribution in [0.4, 0.5) is 14.0 Å². The molecule has 0 spiro atoms. The molecule has 0 aliphatic carbocycles. The monoisotopic (exact) mass is 966 g/mol. The first-order valence-corrected chi connectivity index (χ1v) is 27.4. The zero-order valence-corrected chi connectivity index (χ0v) is 40.1. The van der Waals surface area contributed by atoms with Crippen LogP contribution in [0.5, 0.6) is 0 Å². The Balaban J connectivity index is 0.000000218. The second-order valence-corrected chi connectivity index (χ2v) is 24.4. The van der Waals surface area contributed by atoms with E-state index in [1.54, 1.807) is 67.3 Å². The van der Waals surface area contributed by atoms with Gasteiger partial charge in [0.25, 0.3) is 10.0 Å². The van der Waals surface area contributed by atoms with Crippen molar-refractivity contribution in [3.8, 4) is 22.3 Å². The number of sulfone groups is 2. The molecule has 5 aromatic carbocycles. The number of nitrogens with zero attached hydrogens (tertiary/aromatic N) is 4. The molecular weight excluding hydrogens is 916 g/mol. The summed E-state index contributed by atoms with van der Waals surface area (Å²) in [6, 6.07) is 30.0. The molecule has 2 unspecified atom stereocenters. The van der Waals surface area contributed by atoms with Crippen LogP contribution in [0.15, 0.2) is 136 Å². The number of carbonyl (C=O) groups is 2. The van der Waals surface area contributed by atoms with Crippen LogP contribution in [0.2, 0.25) is 0 Å². The van der Waals surface area contributed by atoms with E-state index in [0.29, 0.717) is 15.4 Å². The van der Waals surface area contributed by atoms with Gasteiger partial charge < -0.3 is 9.80 Å². The summed E-state index contributed by atoms with van der Waals surface area (Å²) in [5.74, 6) is -1.07. The van der Waals surface area contributed by atoms with Crippen LogP contribution in [-0.2, 0) is 39.7 Å². The number of urea groups is 2. The fourth-order valence-electron chi connectivity index (χ4n) is 7.89. The van der Waals surface area contributed by atoms with Crippen LogP contribution >= 0.6 is 0 Å². The zero-order valence-electron chi connectivity index (χ0n) is 36.9. The van der Waals surface area contributed by atoms with E-state index in [4.69, 9.17) is 0 Å². The van der Waals surface area contributed by atoms with Crippen LogP contribution < -0.4 is 0 Å². The highest BCUT2D eigenvalue weighted by Gasteiger charge is 2.47. The highest BCUT2D eigenvalue weighted by molar-refractivity contribution is 7.91. The molecule has 0 radical (unpaired) electrons. The average Bonchev–Trinajstić information content (AvgIpc) is 3.81. The van der Waals surface area contributed by atoms with E-state index in [1.165, 1.54) is 30.0 Å². The van der Waals surface area contributed by atoms with Crippen molar-refractivity contribution in [3.05, 3.63) is 138 Å². The Bertz CT molecular complexity index is 3090. The number of hydrogen-bond donors (Lipinski definition) is 0. The third-order valence-corrected chi connectivity index (χ3v) is 16.9. The second-order valence-electron chi connectivity index (χ2n) is 16.3. The van der Waals surface area contributed by atoms with Gasteiger partial charge >= 0.3 is 12.1 Å². The van der Waals surface area contributed by atoms with Crippen molar-refractivity contribution in [1.29, 1.82) is 0 Å². The summed E-state index contributed by atoms with van der Waals surface area (Å²) in [6.45, 7) is 8.66. The van der Waals surface area contributed by atoms with Gasteiger partial charge in [0.15, 0.2) is 19.7 Å². The Labute approximate surface area is 381 Å². The molecule has 14 nitrogen and oxygen atoms in total. The maximum absolute atomic E-state index is 14.3. The molecule has 346 valence electrons. The first-order chi connectivity index (χ1) is 30.4. The summed E-state index contributed by atoms with van der Waals surface area (Å²) in [5, 5.41) is 0. The number of hydrogen-bond acceptors (Lipinski definition) is 10. The summed E-state index contributed by atoms with van der Waals surface area (Å²) >= 11 is 0. The largest absolute Gasteiger partial charge is 0.334 e. The Morgan fingerprint density at radius 3 is 1.32 bits per heavy atom. The lowest BCUT2D eigenvalue weighted by molar-refractivity contribution is 0.180. The minimum Gasteiger partial charge on any atom is -0.313 e. The van der Waals surface area contributed by atoms with E-state index in [-0.39, 0.29) is 40.7 Å². The fraction of sp³-hybridized carbons (Fsp3) is 0.304. The van der Waals surface area contributed by atoms with Crippen molar-refractivity contribution in [2.24, 2.45) is 0 Å². The SMILES string of the molecule is CC(C)N1C(=O)N(S(=O)(=O)c2ccccc2F)CC1c1cccc(-c2cccc(S(C)(=O)=O)c2)c1.CCS(=O)(=O)N1CC(c2cccc(-c3cccc(S(C)(=O)=O)c3)c2)N(C(C)C)C1=O. The smallest absolute Gasteiger partial charge is 0.313 e. The topological polar surface area (TPSA) is 184 Å². The maximum Gasteiger partial charge on any atom is 0.334 e. The van der Waals surface area contributed by atoms with Gasteiger partial charge in [-0.15, -0.1) is 0 Å². The van der Waals surface area contributed by atoms with Gasteiger partial charge in [0.05, 0.1) is 40.7 Å². The Morgan fingerprint density at radius 1 is 0.538 bits per heavy atom. The molecule has 5 aromatic rings. The Morgan fingerprint density at radius 2 is 0.923 bits per heavy atom. The summed E-state index contributed by atoms with van der Waals surface area (Å²) in [6.07, 6.45) is 2.30. The number of sulfonamides is 2. The summed E-state index contributed by atoms with van der Waals surface area (Å²) in [4.78, 5) is 29.0. The lowest BCUT2D eigenvalue weighted by Crippen LogP contribution is -2.40. The molecule has 7 rings (SSSR count). The van der Waals surface area contributed by atoms with Gasteiger partial charge in [-0.2, -0.15) is 0 Å². The summed E-state index contributed by atoms with van der Waals surface area (Å²) < 4.78 is 115. The third kappa shape index (κ3) is 10.3. The molecule has 2 fully saturated rings. The van der Waals surface area contributed by atoms with E-state index in [0.717, 1.165) is 51.2 Å². The third-order valence-electron chi connectivity index (χ3n) is 11.2. The van der Waals surface area contributed by atoms with E-state index in [2.05, 4.69) is 0 Å². The summed E-state index contributed by atoms with van der Waals surface area (Å²) in [7, 11) is -14.8. The molecule has 4 amide bonds. The minimum absolute atomic E-state index is 0.0556. The number of rotatable bonds is 12. The van der Waals surface area contributed by atoms with E-state index in [1.807, 2.05) is 56.3 Å². The molecule has 0 saturated carbocycles. The Kier molecular flexibility index (Phi) is 14.0. The van der Waals surface area contributed by atoms with Crippen LogP contribution in [-0.4, -0.2) is 108 Å². The van der Waals surface area contributed by atoms with Gasteiger partial charge in [0, 0.05) is 24.6 Å². The molecule has 2 saturated heterocycles. The lowest BCUT2D eigenvalue weighted by atomic mass is 9.99. The quantitative estimate of drug-likeness (QED) is 0.120. The van der Waals surface area contributed by atoms with E-state index >= 15 is 0 Å². The van der Waals surface area contributed by atoms with Crippen LogP contribution in [0, 0.1) is 5.82 Å². The van der Waals surface area contributed by atoms with Crippen molar-refractivity contribution in [3.63, 3.8) is 0 Å². The molecule has 2 heterocycles. The Hall–Kier alpha value is -5.63. The zero-order chi connectivity index (χ0) is 47.8. The van der Waals surface area contributed by atoms with Crippen molar-refractivity contribution in [1.82, 2.24) is 18.4 Å². The van der Waals surface area contributed by atoms with Crippen molar-refractivity contribution in [2.45, 2.75) is 73.5 Å². The molecule has 2 aliphatic heterocycles. The number of benzene rings is 5. The van der Waals surface area contributed by atoms with Gasteiger partial charge in [-0.25, -0.2) is 56.3 Å². The number of amides is 4. The fourth-order valence-corrected chi connectivity index (χ4v) is 11.7. The van der Waals surface area contributed by atoms with Gasteiger partial charge in [-0.05, 0) is 117 Å². The molecule has 0 N–H and O–H groups in total. The molecule has 2 atom stereocenters. The number of carbonyl (C=O) groups excluding carboxylic acids is 2. The van der Waals surface area contributed by atoms with Gasteiger partial charge in [0.2, 0.25) is 10.0 Å². The molecule has 0 aromatic heterocycles. The van der Waals surface area contributed by atoms with Crippen molar-refractivity contribution >= 4 is 51.8 Å². The lowest BCUT2D eigenvalue weighted by Gasteiger charge is -2.27. The molecule has 65 heavy (non-hydrogen) atoms. The molecular formula is C46H51FN4O10S4. The maximum atomic E-state index is 14.3. The molecule has 19 heteroatoms. The first kappa shape index (κ1) is 48.8. The van der Waals surface area contributed by atoms with Crippen LogP contribution in [0.25, 0.3) is 22.3 Å². The molecule has 0 bridgehead atoms. The average molecular weight is 967 g/mol. The first-order valence-electron chi connectivity index (χ1n) is 20.6. The molecule has 2 aliphatic rings. The van der Waals surface area contributed by atoms with Gasteiger partial charge in [-0.3, -0.25) is 0 Å². The van der Waals surface area contributed by atoms with Crippen LogP contribution in [0.3, 0.4) is 0 Å². The van der Waals surface area contributed by atoms with Gasteiger partial charge in [0.1, 0.15) is 10.7 Å². The minimum atomic E-state index is -4.41. The predicted molar refractivity (Wildman–Crippen MR) is 247 cm³/mol. The van der Waals surface area contributed by atoms with E-state index in [9.17, 15) is 47.7 Å². The predicted octanol–water partition coefficient (Wildman–Crippen LogP) is 7.77. The second kappa shape index (κ2) is 18.7. The van der Waals surface area contributed by atoms with Crippen molar-refractivity contribution in [2.75, 3.05) is 31.4 Å². The standard InChI is InChI=1S/C25H25FN2O5S2.C21H26N2O5S2/c1-17(2)28-23(16-27(25(28)29)35(32,33)24-13-5-4-12-22(24)26)20-10-6-8-18(14-20)19-9-7-11-21(15-19)34(3,30)31;1-5-30(27,28)22-14-20(23(15(2)3)21(22)24)18-10-6-8-16(12-18)17-9-7-11-19(13-17)29(4,25)26/h4-15,17,23H,16H2,1-3H3;6-13,15,20H,5,14H2,1-4H3. The van der Waals surface area contributed by atoms with E-state index < -0.39 is 74.6 Å². The number of halogens is 1. The summed E-state index contributed by atoms with van der Waals surface area (Å²) in [5.41, 5.74) is 4.41. The highest BCUT2D eigenvalue weighted by atomic mass is 32.2. The normalized spacial score (nSPS) is 17.3. The van der Waals surface area contributed by atoms with Crippen LogP contribution in [0.1, 0.15) is 57.8 Å². The van der Waals surface area contributed by atoms with Crippen molar-refractivity contribution < 1.29 is 47.7 Å². The van der Waals surface area contributed by atoms with Gasteiger partial charge in [-0.1, -0.05) is 72.8 Å². The highest BCUT2D eigenvalue weighted by Crippen LogP contribution is 2.38.